The number of rotatable bonds is 5. The van der Waals surface area contributed by atoms with Gasteiger partial charge in [0.25, 0.3) is 0 Å². The van der Waals surface area contributed by atoms with Gasteiger partial charge in [0.1, 0.15) is 5.82 Å². The summed E-state index contributed by atoms with van der Waals surface area (Å²) in [7, 11) is 0. The molecule has 27 heavy (non-hydrogen) atoms. The van der Waals surface area contributed by atoms with E-state index >= 15 is 0 Å². The van der Waals surface area contributed by atoms with E-state index in [-0.39, 0.29) is 36.1 Å². The number of amides is 1. The van der Waals surface area contributed by atoms with E-state index < -0.39 is 0 Å². The fourth-order valence-corrected chi connectivity index (χ4v) is 4.82. The van der Waals surface area contributed by atoms with Gasteiger partial charge < -0.3 is 15.2 Å². The lowest BCUT2D eigenvalue weighted by molar-refractivity contribution is -0.133. The fourth-order valence-electron chi connectivity index (χ4n) is 4.82. The monoisotopic (exact) mass is 412 g/mol. The standard InChI is InChI=1S/C20H28N4O.2ClH/c1-2-24-17-9-4-3-8-16(17)23-18(24)10-12-22-19(25)20-11-6-5-7-15(20)13-21-14-20;;/h3-4,8-9,15,21H,2,5-7,10-14H2,1H3,(H,22,25);2*1H/t15-,20+;;/m0../s1. The zero-order chi connectivity index (χ0) is 17.3. The van der Waals surface area contributed by atoms with Crippen LogP contribution in [0.1, 0.15) is 38.4 Å². The second-order valence-electron chi connectivity index (χ2n) is 7.50. The molecule has 1 aliphatic carbocycles. The molecule has 2 aromatic rings. The highest BCUT2D eigenvalue weighted by Gasteiger charge is 2.49. The molecule has 2 atom stereocenters. The van der Waals surface area contributed by atoms with Crippen LogP contribution in [-0.4, -0.2) is 35.1 Å². The van der Waals surface area contributed by atoms with Crippen molar-refractivity contribution in [2.24, 2.45) is 11.3 Å². The maximum Gasteiger partial charge on any atom is 0.227 e. The quantitative estimate of drug-likeness (QED) is 0.791. The number of nitrogens with zero attached hydrogens (tertiary/aromatic N) is 2. The van der Waals surface area contributed by atoms with Gasteiger partial charge in [-0.3, -0.25) is 4.79 Å². The number of carbonyl (C=O) groups excluding carboxylic acids is 1. The molecular formula is C20H30Cl2N4O. The first-order valence-electron chi connectivity index (χ1n) is 9.68. The highest BCUT2D eigenvalue weighted by molar-refractivity contribution is 5.85. The molecule has 5 nitrogen and oxygen atoms in total. The molecule has 4 rings (SSSR count). The van der Waals surface area contributed by atoms with Crippen molar-refractivity contribution in [1.82, 2.24) is 20.2 Å². The molecule has 7 heteroatoms. The summed E-state index contributed by atoms with van der Waals surface area (Å²) in [6, 6.07) is 8.25. The molecule has 1 aromatic carbocycles. The van der Waals surface area contributed by atoms with Crippen LogP contribution >= 0.6 is 24.8 Å². The minimum absolute atomic E-state index is 0. The van der Waals surface area contributed by atoms with Gasteiger partial charge in [0, 0.05) is 26.1 Å². The number of halogens is 2. The highest BCUT2D eigenvalue weighted by atomic mass is 35.5. The van der Waals surface area contributed by atoms with E-state index in [9.17, 15) is 4.79 Å². The van der Waals surface area contributed by atoms with Crippen LogP contribution in [0, 0.1) is 11.3 Å². The number of aromatic nitrogens is 2. The van der Waals surface area contributed by atoms with Gasteiger partial charge in [-0.2, -0.15) is 0 Å². The SMILES string of the molecule is CCn1c(CCNC(=O)[C@@]23CCCC[C@H]2CNC3)nc2ccccc21.Cl.Cl. The van der Waals surface area contributed by atoms with Gasteiger partial charge in [-0.15, -0.1) is 24.8 Å². The van der Waals surface area contributed by atoms with Gasteiger partial charge in [-0.05, 0) is 44.4 Å². The Kier molecular flexibility index (Phi) is 7.55. The normalized spacial score (nSPS) is 24.0. The second kappa shape index (κ2) is 9.26. The highest BCUT2D eigenvalue weighted by Crippen LogP contribution is 2.43. The average molecular weight is 413 g/mol. The predicted octanol–water partition coefficient (Wildman–Crippen LogP) is 3.34. The van der Waals surface area contributed by atoms with Crippen LogP contribution in [0.4, 0.5) is 0 Å². The molecule has 2 fully saturated rings. The van der Waals surface area contributed by atoms with E-state index in [0.717, 1.165) is 43.8 Å². The Bertz CT molecular complexity index is 778. The number of benzene rings is 1. The van der Waals surface area contributed by atoms with Crippen LogP contribution in [0.25, 0.3) is 11.0 Å². The Morgan fingerprint density at radius 1 is 1.33 bits per heavy atom. The number of para-hydroxylation sites is 2. The number of imidazole rings is 1. The van der Waals surface area contributed by atoms with Crippen LogP contribution in [0.5, 0.6) is 0 Å². The fraction of sp³-hybridized carbons (Fsp3) is 0.600. The minimum atomic E-state index is -0.164. The molecule has 1 saturated heterocycles. The molecule has 2 N–H and O–H groups in total. The maximum atomic E-state index is 12.9. The number of fused-ring (bicyclic) bond motifs is 2. The lowest BCUT2D eigenvalue weighted by Crippen LogP contribution is -2.48. The molecule has 0 spiro atoms. The molecule has 1 amide bonds. The first-order valence-corrected chi connectivity index (χ1v) is 9.68. The van der Waals surface area contributed by atoms with E-state index in [1.165, 1.54) is 24.8 Å². The molecule has 0 bridgehead atoms. The van der Waals surface area contributed by atoms with Crippen LogP contribution in [0.3, 0.4) is 0 Å². The van der Waals surface area contributed by atoms with E-state index in [0.29, 0.717) is 12.5 Å². The lowest BCUT2D eigenvalue weighted by Gasteiger charge is -2.37. The molecule has 2 aliphatic rings. The summed E-state index contributed by atoms with van der Waals surface area (Å²) >= 11 is 0. The zero-order valence-corrected chi connectivity index (χ0v) is 17.5. The first-order chi connectivity index (χ1) is 12.2. The number of carbonyl (C=O) groups is 1. The average Bonchev–Trinajstić information content (AvgIpc) is 3.23. The summed E-state index contributed by atoms with van der Waals surface area (Å²) in [4.78, 5) is 17.7. The molecule has 1 saturated carbocycles. The Labute approximate surface area is 173 Å². The van der Waals surface area contributed by atoms with Gasteiger partial charge in [-0.25, -0.2) is 4.98 Å². The van der Waals surface area contributed by atoms with E-state index in [2.05, 4.69) is 40.3 Å². The van der Waals surface area contributed by atoms with Gasteiger partial charge in [0.15, 0.2) is 0 Å². The zero-order valence-electron chi connectivity index (χ0n) is 15.9. The Balaban J connectivity index is 0.00000131. The Morgan fingerprint density at radius 3 is 2.96 bits per heavy atom. The molecular weight excluding hydrogens is 383 g/mol. The summed E-state index contributed by atoms with van der Waals surface area (Å²) in [6.07, 6.45) is 5.44. The summed E-state index contributed by atoms with van der Waals surface area (Å²) in [6.45, 7) is 5.55. The van der Waals surface area contributed by atoms with Gasteiger partial charge in [0.2, 0.25) is 5.91 Å². The number of hydrogen-bond donors (Lipinski definition) is 2. The van der Waals surface area contributed by atoms with Crippen molar-refractivity contribution >= 4 is 41.8 Å². The lowest BCUT2D eigenvalue weighted by atomic mass is 9.67. The van der Waals surface area contributed by atoms with Crippen molar-refractivity contribution in [3.8, 4) is 0 Å². The van der Waals surface area contributed by atoms with Gasteiger partial charge >= 0.3 is 0 Å². The first kappa shape index (κ1) is 22.0. The van der Waals surface area contributed by atoms with E-state index in [1.54, 1.807) is 0 Å². The van der Waals surface area contributed by atoms with Gasteiger partial charge in [-0.1, -0.05) is 25.0 Å². The third-order valence-corrected chi connectivity index (χ3v) is 6.17. The molecule has 1 aliphatic heterocycles. The third-order valence-electron chi connectivity index (χ3n) is 6.17. The minimum Gasteiger partial charge on any atom is -0.355 e. The Morgan fingerprint density at radius 2 is 2.15 bits per heavy atom. The summed E-state index contributed by atoms with van der Waals surface area (Å²) in [5.41, 5.74) is 2.05. The van der Waals surface area contributed by atoms with Crippen LogP contribution in [0.15, 0.2) is 24.3 Å². The van der Waals surface area contributed by atoms with Crippen molar-refractivity contribution < 1.29 is 4.79 Å². The molecule has 150 valence electrons. The summed E-state index contributed by atoms with van der Waals surface area (Å²) in [5.74, 6) is 1.83. The number of nitrogens with one attached hydrogen (secondary N) is 2. The topological polar surface area (TPSA) is 59.0 Å². The maximum absolute atomic E-state index is 12.9. The van der Waals surface area contributed by atoms with Crippen LogP contribution in [0.2, 0.25) is 0 Å². The van der Waals surface area contributed by atoms with Crippen molar-refractivity contribution in [3.05, 3.63) is 30.1 Å². The molecule has 0 radical (unpaired) electrons. The van der Waals surface area contributed by atoms with Crippen molar-refractivity contribution in [3.63, 3.8) is 0 Å². The van der Waals surface area contributed by atoms with Crippen LogP contribution < -0.4 is 10.6 Å². The second-order valence-corrected chi connectivity index (χ2v) is 7.50. The predicted molar refractivity (Wildman–Crippen MR) is 114 cm³/mol. The third kappa shape index (κ3) is 3.96. The van der Waals surface area contributed by atoms with Gasteiger partial charge in [0.05, 0.1) is 16.4 Å². The van der Waals surface area contributed by atoms with Crippen LogP contribution in [-0.2, 0) is 17.8 Å². The molecule has 0 unspecified atom stereocenters. The van der Waals surface area contributed by atoms with Crippen molar-refractivity contribution in [1.29, 1.82) is 0 Å². The molecule has 1 aromatic heterocycles. The smallest absolute Gasteiger partial charge is 0.227 e. The number of hydrogen-bond acceptors (Lipinski definition) is 3. The summed E-state index contributed by atoms with van der Waals surface area (Å²) in [5, 5.41) is 6.68. The van der Waals surface area contributed by atoms with Crippen molar-refractivity contribution in [2.45, 2.75) is 45.6 Å². The summed E-state index contributed by atoms with van der Waals surface area (Å²) < 4.78 is 2.25. The van der Waals surface area contributed by atoms with Crippen molar-refractivity contribution in [2.75, 3.05) is 19.6 Å². The molecule has 2 heterocycles. The van der Waals surface area contributed by atoms with E-state index in [1.807, 2.05) is 6.07 Å². The van der Waals surface area contributed by atoms with E-state index in [4.69, 9.17) is 4.98 Å². The Hall–Kier alpha value is -1.30. The number of aryl methyl sites for hydroxylation is 1. The largest absolute Gasteiger partial charge is 0.355 e.